The summed E-state index contributed by atoms with van der Waals surface area (Å²) < 4.78 is 5.14. The Balaban J connectivity index is 2.26. The molecule has 0 bridgehead atoms. The molecule has 0 aliphatic heterocycles. The van der Waals surface area contributed by atoms with Crippen molar-refractivity contribution in [2.45, 2.75) is 44.6 Å². The Labute approximate surface area is 108 Å². The standard InChI is InChI=1S/C14H19ClO2/c1-2-3-4-8-11-13(15)17-14(16)12-9-6-5-7-10-12/h5-7,9-10,13H,2-4,8,11H2,1H3. The Hall–Kier alpha value is -1.02. The van der Waals surface area contributed by atoms with E-state index >= 15 is 0 Å². The van der Waals surface area contributed by atoms with Crippen LogP contribution in [-0.2, 0) is 4.74 Å². The zero-order chi connectivity index (χ0) is 12.5. The minimum absolute atomic E-state index is 0.346. The van der Waals surface area contributed by atoms with Crippen LogP contribution in [0.5, 0.6) is 0 Å². The van der Waals surface area contributed by atoms with Crippen molar-refractivity contribution in [1.29, 1.82) is 0 Å². The summed E-state index contributed by atoms with van der Waals surface area (Å²) in [5.74, 6) is -0.346. The van der Waals surface area contributed by atoms with Gasteiger partial charge in [0.25, 0.3) is 0 Å². The largest absolute Gasteiger partial charge is 0.442 e. The van der Waals surface area contributed by atoms with Gasteiger partial charge in [0.2, 0.25) is 0 Å². The monoisotopic (exact) mass is 254 g/mol. The molecule has 0 radical (unpaired) electrons. The first-order valence-corrected chi connectivity index (χ1v) is 6.57. The normalized spacial score (nSPS) is 12.1. The zero-order valence-corrected chi connectivity index (χ0v) is 11.0. The van der Waals surface area contributed by atoms with Gasteiger partial charge in [0.15, 0.2) is 5.56 Å². The van der Waals surface area contributed by atoms with Gasteiger partial charge in [0.05, 0.1) is 5.56 Å². The molecule has 3 heteroatoms. The van der Waals surface area contributed by atoms with E-state index in [0.29, 0.717) is 5.56 Å². The molecule has 1 aromatic carbocycles. The molecule has 94 valence electrons. The van der Waals surface area contributed by atoms with Gasteiger partial charge in [-0.15, -0.1) is 0 Å². The first-order valence-electron chi connectivity index (χ1n) is 6.14. The minimum atomic E-state index is -0.514. The second-order valence-corrected chi connectivity index (χ2v) is 4.52. The quantitative estimate of drug-likeness (QED) is 0.410. The lowest BCUT2D eigenvalue weighted by molar-refractivity contribution is 0.0433. The van der Waals surface area contributed by atoms with Crippen LogP contribution in [-0.4, -0.2) is 11.5 Å². The van der Waals surface area contributed by atoms with Gasteiger partial charge in [0.1, 0.15) is 0 Å². The maximum Gasteiger partial charge on any atom is 0.339 e. The summed E-state index contributed by atoms with van der Waals surface area (Å²) in [4.78, 5) is 11.6. The molecule has 0 spiro atoms. The Bertz CT molecular complexity index is 324. The van der Waals surface area contributed by atoms with E-state index in [1.54, 1.807) is 24.3 Å². The summed E-state index contributed by atoms with van der Waals surface area (Å²) in [7, 11) is 0. The molecule has 2 nitrogen and oxygen atoms in total. The van der Waals surface area contributed by atoms with Crippen LogP contribution in [0.4, 0.5) is 0 Å². The molecular weight excluding hydrogens is 236 g/mol. The molecule has 0 saturated carbocycles. The van der Waals surface area contributed by atoms with Crippen LogP contribution in [0.25, 0.3) is 0 Å². The summed E-state index contributed by atoms with van der Waals surface area (Å²) in [6.45, 7) is 2.16. The van der Waals surface area contributed by atoms with Gasteiger partial charge in [-0.25, -0.2) is 4.79 Å². The maximum atomic E-state index is 11.6. The number of ether oxygens (including phenoxy) is 1. The number of carbonyl (C=O) groups excluding carboxylic acids is 1. The highest BCUT2D eigenvalue weighted by Crippen LogP contribution is 2.13. The predicted octanol–water partition coefficient (Wildman–Crippen LogP) is 4.38. The first kappa shape index (κ1) is 14.0. The Morgan fingerprint density at radius 2 is 1.94 bits per heavy atom. The molecule has 0 amide bonds. The summed E-state index contributed by atoms with van der Waals surface area (Å²) in [6.07, 6.45) is 5.26. The molecule has 0 fully saturated rings. The van der Waals surface area contributed by atoms with Crippen molar-refractivity contribution in [3.05, 3.63) is 35.9 Å². The van der Waals surface area contributed by atoms with Gasteiger partial charge in [-0.1, -0.05) is 56.0 Å². The second kappa shape index (κ2) is 8.13. The maximum absolute atomic E-state index is 11.6. The molecule has 1 rings (SSSR count). The molecule has 0 aromatic heterocycles. The van der Waals surface area contributed by atoms with E-state index < -0.39 is 5.56 Å². The Morgan fingerprint density at radius 1 is 1.24 bits per heavy atom. The van der Waals surface area contributed by atoms with Crippen molar-refractivity contribution in [2.24, 2.45) is 0 Å². The summed E-state index contributed by atoms with van der Waals surface area (Å²) in [5, 5.41) is 0. The van der Waals surface area contributed by atoms with Gasteiger partial charge in [-0.3, -0.25) is 0 Å². The predicted molar refractivity (Wildman–Crippen MR) is 70.3 cm³/mol. The Morgan fingerprint density at radius 3 is 2.59 bits per heavy atom. The van der Waals surface area contributed by atoms with Gasteiger partial charge in [-0.2, -0.15) is 0 Å². The highest BCUT2D eigenvalue weighted by Gasteiger charge is 2.12. The first-order chi connectivity index (χ1) is 8.24. The van der Waals surface area contributed by atoms with E-state index in [2.05, 4.69) is 6.92 Å². The number of carbonyl (C=O) groups is 1. The van der Waals surface area contributed by atoms with E-state index in [0.717, 1.165) is 19.3 Å². The molecule has 0 aliphatic rings. The van der Waals surface area contributed by atoms with E-state index in [4.69, 9.17) is 16.3 Å². The van der Waals surface area contributed by atoms with E-state index in [1.807, 2.05) is 6.07 Å². The van der Waals surface area contributed by atoms with Crippen molar-refractivity contribution in [3.63, 3.8) is 0 Å². The number of halogens is 1. The molecule has 1 aromatic rings. The summed E-state index contributed by atoms with van der Waals surface area (Å²) >= 11 is 5.96. The van der Waals surface area contributed by atoms with Crippen LogP contribution in [0.15, 0.2) is 30.3 Å². The van der Waals surface area contributed by atoms with Crippen LogP contribution >= 0.6 is 11.6 Å². The third-order valence-electron chi connectivity index (χ3n) is 2.53. The van der Waals surface area contributed by atoms with Gasteiger partial charge in [-0.05, 0) is 25.0 Å². The highest BCUT2D eigenvalue weighted by atomic mass is 35.5. The fraction of sp³-hybridized carbons (Fsp3) is 0.500. The van der Waals surface area contributed by atoms with Crippen molar-refractivity contribution in [3.8, 4) is 0 Å². The average molecular weight is 255 g/mol. The van der Waals surface area contributed by atoms with Crippen molar-refractivity contribution < 1.29 is 9.53 Å². The smallest absolute Gasteiger partial charge is 0.339 e. The summed E-state index contributed by atoms with van der Waals surface area (Å²) in [5.41, 5.74) is 0.0336. The zero-order valence-electron chi connectivity index (χ0n) is 10.2. The highest BCUT2D eigenvalue weighted by molar-refractivity contribution is 6.20. The number of esters is 1. The van der Waals surface area contributed by atoms with E-state index in [-0.39, 0.29) is 5.97 Å². The molecular formula is C14H19ClO2. The van der Waals surface area contributed by atoms with Gasteiger partial charge >= 0.3 is 5.97 Å². The number of unbranched alkanes of at least 4 members (excludes halogenated alkanes) is 3. The lowest BCUT2D eigenvalue weighted by Gasteiger charge is -2.10. The number of rotatable bonds is 7. The third-order valence-corrected chi connectivity index (χ3v) is 2.84. The Kier molecular flexibility index (Phi) is 6.71. The van der Waals surface area contributed by atoms with E-state index in [9.17, 15) is 4.79 Å². The fourth-order valence-electron chi connectivity index (χ4n) is 1.55. The fourth-order valence-corrected chi connectivity index (χ4v) is 1.78. The van der Waals surface area contributed by atoms with Crippen LogP contribution < -0.4 is 0 Å². The number of alkyl halides is 1. The van der Waals surface area contributed by atoms with Crippen LogP contribution in [0.2, 0.25) is 0 Å². The lowest BCUT2D eigenvalue weighted by Crippen LogP contribution is -2.12. The third kappa shape index (κ3) is 5.73. The van der Waals surface area contributed by atoms with Gasteiger partial charge < -0.3 is 4.74 Å². The molecule has 1 unspecified atom stereocenters. The van der Waals surface area contributed by atoms with Crippen molar-refractivity contribution in [2.75, 3.05) is 0 Å². The lowest BCUT2D eigenvalue weighted by atomic mass is 10.2. The number of hydrogen-bond donors (Lipinski definition) is 0. The van der Waals surface area contributed by atoms with E-state index in [1.165, 1.54) is 12.8 Å². The molecule has 0 N–H and O–H groups in total. The second-order valence-electron chi connectivity index (χ2n) is 4.03. The molecule has 0 heterocycles. The van der Waals surface area contributed by atoms with Crippen LogP contribution in [0, 0.1) is 0 Å². The molecule has 17 heavy (non-hydrogen) atoms. The van der Waals surface area contributed by atoms with Crippen LogP contribution in [0.3, 0.4) is 0 Å². The summed E-state index contributed by atoms with van der Waals surface area (Å²) in [6, 6.07) is 8.92. The molecule has 0 aliphatic carbocycles. The van der Waals surface area contributed by atoms with Crippen LogP contribution in [0.1, 0.15) is 49.4 Å². The van der Waals surface area contributed by atoms with Gasteiger partial charge in [0, 0.05) is 0 Å². The SMILES string of the molecule is CCCCCCC(Cl)OC(=O)c1ccccc1. The topological polar surface area (TPSA) is 26.3 Å². The van der Waals surface area contributed by atoms with Crippen molar-refractivity contribution in [1.82, 2.24) is 0 Å². The van der Waals surface area contributed by atoms with Crippen molar-refractivity contribution >= 4 is 17.6 Å². The molecule has 1 atom stereocenters. The molecule has 0 saturated heterocycles. The number of benzene rings is 1. The average Bonchev–Trinajstić information content (AvgIpc) is 2.36. The number of hydrogen-bond acceptors (Lipinski definition) is 2. The minimum Gasteiger partial charge on any atom is -0.442 e.